The molecule has 36 heavy (non-hydrogen) atoms. The average Bonchev–Trinajstić information content (AvgIpc) is 3.69. The standard InChI is InChI=1S/C25H25N9OS/c1-17(2)33-23-20(16-26-33)19(15-21(27-23)22-9-6-14-36-22)24(35)31-10-12-32(13-11-31)25-28-29-30-34(25)18-7-4-3-5-8-18/h3-9,14-17H,10-13H2,1-2H3. The Morgan fingerprint density at radius 3 is 2.56 bits per heavy atom. The van der Waals surface area contributed by atoms with Gasteiger partial charge in [-0.15, -0.1) is 11.3 Å². The molecule has 0 aliphatic carbocycles. The van der Waals surface area contributed by atoms with E-state index in [0.717, 1.165) is 27.3 Å². The van der Waals surface area contributed by atoms with Gasteiger partial charge in [0.1, 0.15) is 0 Å². The molecule has 5 aromatic rings. The monoisotopic (exact) mass is 499 g/mol. The number of tetrazole rings is 1. The van der Waals surface area contributed by atoms with Gasteiger partial charge in [-0.05, 0) is 53.9 Å². The highest BCUT2D eigenvalue weighted by Crippen LogP contribution is 2.30. The van der Waals surface area contributed by atoms with E-state index in [0.29, 0.717) is 37.7 Å². The maximum atomic E-state index is 13.8. The van der Waals surface area contributed by atoms with Gasteiger partial charge in [-0.25, -0.2) is 9.67 Å². The summed E-state index contributed by atoms with van der Waals surface area (Å²) >= 11 is 1.61. The Morgan fingerprint density at radius 2 is 1.83 bits per heavy atom. The van der Waals surface area contributed by atoms with Crippen molar-refractivity contribution in [2.45, 2.75) is 19.9 Å². The molecule has 11 heteroatoms. The van der Waals surface area contributed by atoms with Crippen molar-refractivity contribution >= 4 is 34.2 Å². The number of benzene rings is 1. The number of anilines is 1. The summed E-state index contributed by atoms with van der Waals surface area (Å²) in [5, 5.41) is 19.6. The second-order valence-corrected chi connectivity index (χ2v) is 9.91. The molecule has 0 saturated carbocycles. The summed E-state index contributed by atoms with van der Waals surface area (Å²) in [6.45, 7) is 6.53. The molecule has 10 nitrogen and oxygen atoms in total. The van der Waals surface area contributed by atoms with Crippen LogP contribution in [0, 0.1) is 0 Å². The summed E-state index contributed by atoms with van der Waals surface area (Å²) in [5.74, 6) is 0.670. The number of carbonyl (C=O) groups is 1. The van der Waals surface area contributed by atoms with Crippen LogP contribution in [-0.2, 0) is 0 Å². The zero-order valence-electron chi connectivity index (χ0n) is 20.0. The lowest BCUT2D eigenvalue weighted by molar-refractivity contribution is 0.0748. The third-order valence-electron chi connectivity index (χ3n) is 6.36. The van der Waals surface area contributed by atoms with Crippen LogP contribution in [0.3, 0.4) is 0 Å². The van der Waals surface area contributed by atoms with E-state index in [-0.39, 0.29) is 11.9 Å². The molecular weight excluding hydrogens is 474 g/mol. The molecular formula is C25H25N9OS. The fraction of sp³-hybridized carbons (Fsp3) is 0.280. The molecule has 1 saturated heterocycles. The molecule has 0 spiro atoms. The van der Waals surface area contributed by atoms with Gasteiger partial charge in [0.2, 0.25) is 5.95 Å². The normalized spacial score (nSPS) is 14.2. The molecule has 0 N–H and O–H groups in total. The number of nitrogens with zero attached hydrogens (tertiary/aromatic N) is 9. The lowest BCUT2D eigenvalue weighted by Gasteiger charge is -2.35. The number of pyridine rings is 1. The molecule has 1 fully saturated rings. The van der Waals surface area contributed by atoms with Crippen LogP contribution >= 0.6 is 11.3 Å². The van der Waals surface area contributed by atoms with Crippen LogP contribution in [0.4, 0.5) is 5.95 Å². The first kappa shape index (κ1) is 22.4. The van der Waals surface area contributed by atoms with Gasteiger partial charge in [0, 0.05) is 32.2 Å². The molecule has 1 amide bonds. The van der Waals surface area contributed by atoms with Crippen molar-refractivity contribution in [1.82, 2.24) is 39.9 Å². The molecule has 0 atom stereocenters. The minimum atomic E-state index is -0.00851. The van der Waals surface area contributed by atoms with Gasteiger partial charge in [-0.3, -0.25) is 4.79 Å². The first-order chi connectivity index (χ1) is 17.6. The quantitative estimate of drug-likeness (QED) is 0.364. The van der Waals surface area contributed by atoms with E-state index >= 15 is 0 Å². The predicted octanol–water partition coefficient (Wildman–Crippen LogP) is 3.68. The van der Waals surface area contributed by atoms with Crippen molar-refractivity contribution in [3.05, 3.63) is 65.7 Å². The highest BCUT2D eigenvalue weighted by atomic mass is 32.1. The molecule has 6 rings (SSSR count). The first-order valence-corrected chi connectivity index (χ1v) is 12.8. The zero-order valence-corrected chi connectivity index (χ0v) is 20.8. The number of hydrogen-bond donors (Lipinski definition) is 0. The number of aromatic nitrogens is 7. The van der Waals surface area contributed by atoms with Gasteiger partial charge in [-0.1, -0.05) is 29.4 Å². The number of para-hydroxylation sites is 1. The largest absolute Gasteiger partial charge is 0.336 e. The Hall–Kier alpha value is -4.12. The Labute approximate surface area is 211 Å². The Bertz CT molecular complexity index is 1500. The lowest BCUT2D eigenvalue weighted by atomic mass is 10.1. The van der Waals surface area contributed by atoms with Gasteiger partial charge in [0.25, 0.3) is 5.91 Å². The molecule has 0 bridgehead atoms. The molecule has 0 unspecified atom stereocenters. The minimum Gasteiger partial charge on any atom is -0.336 e. The van der Waals surface area contributed by atoms with Crippen LogP contribution in [-0.4, -0.2) is 72.0 Å². The maximum absolute atomic E-state index is 13.8. The number of rotatable bonds is 5. The van der Waals surface area contributed by atoms with E-state index in [4.69, 9.17) is 4.98 Å². The van der Waals surface area contributed by atoms with Crippen LogP contribution in [0.5, 0.6) is 0 Å². The summed E-state index contributed by atoms with van der Waals surface area (Å²) in [5.41, 5.74) is 3.07. The van der Waals surface area contributed by atoms with E-state index in [1.54, 1.807) is 22.2 Å². The number of amides is 1. The number of piperazine rings is 1. The van der Waals surface area contributed by atoms with Crippen molar-refractivity contribution in [2.75, 3.05) is 31.1 Å². The molecule has 1 aromatic carbocycles. The SMILES string of the molecule is CC(C)n1ncc2c(C(=O)N3CCN(c4nnnn4-c4ccccc4)CC3)cc(-c3cccs3)nc21. The van der Waals surface area contributed by atoms with Crippen molar-refractivity contribution in [3.63, 3.8) is 0 Å². The molecule has 4 aromatic heterocycles. The summed E-state index contributed by atoms with van der Waals surface area (Å²) in [6.07, 6.45) is 1.76. The van der Waals surface area contributed by atoms with Crippen LogP contribution in [0.1, 0.15) is 30.2 Å². The number of hydrogen-bond acceptors (Lipinski definition) is 8. The Kier molecular flexibility index (Phi) is 5.68. The van der Waals surface area contributed by atoms with Gasteiger partial charge in [0.05, 0.1) is 33.4 Å². The van der Waals surface area contributed by atoms with Crippen molar-refractivity contribution in [1.29, 1.82) is 0 Å². The van der Waals surface area contributed by atoms with Crippen molar-refractivity contribution < 1.29 is 4.79 Å². The molecule has 1 aliphatic rings. The highest BCUT2D eigenvalue weighted by molar-refractivity contribution is 7.13. The van der Waals surface area contributed by atoms with Crippen molar-refractivity contribution in [3.8, 4) is 16.3 Å². The fourth-order valence-corrected chi connectivity index (χ4v) is 5.21. The maximum Gasteiger partial charge on any atom is 0.254 e. The first-order valence-electron chi connectivity index (χ1n) is 11.9. The summed E-state index contributed by atoms with van der Waals surface area (Å²) in [6, 6.07) is 15.9. The Balaban J connectivity index is 1.28. The van der Waals surface area contributed by atoms with E-state index in [1.807, 2.05) is 63.5 Å². The molecule has 182 valence electrons. The van der Waals surface area contributed by atoms with Crippen molar-refractivity contribution in [2.24, 2.45) is 0 Å². The van der Waals surface area contributed by atoms with E-state index in [2.05, 4.69) is 39.4 Å². The summed E-state index contributed by atoms with van der Waals surface area (Å²) < 4.78 is 3.61. The molecule has 5 heterocycles. The second kappa shape index (κ2) is 9.15. The predicted molar refractivity (Wildman–Crippen MR) is 138 cm³/mol. The molecule has 0 radical (unpaired) electrons. The summed E-state index contributed by atoms with van der Waals surface area (Å²) in [4.78, 5) is 23.7. The van der Waals surface area contributed by atoms with Gasteiger partial charge >= 0.3 is 0 Å². The molecule has 1 aliphatic heterocycles. The lowest BCUT2D eigenvalue weighted by Crippen LogP contribution is -2.49. The average molecular weight is 500 g/mol. The van der Waals surface area contributed by atoms with Crippen LogP contribution in [0.2, 0.25) is 0 Å². The highest BCUT2D eigenvalue weighted by Gasteiger charge is 2.28. The van der Waals surface area contributed by atoms with Crippen LogP contribution < -0.4 is 4.90 Å². The topological polar surface area (TPSA) is 97.9 Å². The number of fused-ring (bicyclic) bond motifs is 1. The van der Waals surface area contributed by atoms with E-state index < -0.39 is 0 Å². The van der Waals surface area contributed by atoms with Gasteiger partial charge in [0.15, 0.2) is 5.65 Å². The van der Waals surface area contributed by atoms with E-state index in [9.17, 15) is 4.79 Å². The zero-order chi connectivity index (χ0) is 24.6. The second-order valence-electron chi connectivity index (χ2n) is 8.96. The fourth-order valence-electron chi connectivity index (χ4n) is 4.52. The van der Waals surface area contributed by atoms with Gasteiger partial charge < -0.3 is 9.80 Å². The summed E-state index contributed by atoms with van der Waals surface area (Å²) in [7, 11) is 0. The van der Waals surface area contributed by atoms with E-state index in [1.165, 1.54) is 0 Å². The van der Waals surface area contributed by atoms with Gasteiger partial charge in [-0.2, -0.15) is 9.78 Å². The third-order valence-corrected chi connectivity index (χ3v) is 7.26. The smallest absolute Gasteiger partial charge is 0.254 e. The van der Waals surface area contributed by atoms with Crippen LogP contribution in [0.25, 0.3) is 27.3 Å². The van der Waals surface area contributed by atoms with Crippen LogP contribution in [0.15, 0.2) is 60.1 Å². The Morgan fingerprint density at radius 1 is 1.03 bits per heavy atom. The number of thiophene rings is 1. The minimum absolute atomic E-state index is 0.00851. The number of carbonyl (C=O) groups excluding carboxylic acids is 1. The third kappa shape index (κ3) is 3.91.